The SMILES string of the molecule is CCOc1ccccc1-c1[nH]nc(N)c1-c1ccccn1. The van der Waals surface area contributed by atoms with Gasteiger partial charge in [-0.25, -0.2) is 0 Å². The van der Waals surface area contributed by atoms with Crippen molar-refractivity contribution in [2.75, 3.05) is 12.3 Å². The van der Waals surface area contributed by atoms with E-state index < -0.39 is 0 Å². The zero-order valence-corrected chi connectivity index (χ0v) is 11.7. The van der Waals surface area contributed by atoms with E-state index in [1.807, 2.05) is 49.4 Å². The Kier molecular flexibility index (Phi) is 3.55. The first kappa shape index (κ1) is 13.2. The molecule has 0 aliphatic heterocycles. The molecule has 3 N–H and O–H groups in total. The quantitative estimate of drug-likeness (QED) is 0.769. The number of hydrogen-bond acceptors (Lipinski definition) is 4. The van der Waals surface area contributed by atoms with Crippen molar-refractivity contribution in [1.82, 2.24) is 15.2 Å². The van der Waals surface area contributed by atoms with Crippen molar-refractivity contribution in [3.63, 3.8) is 0 Å². The number of rotatable bonds is 4. The molecular weight excluding hydrogens is 264 g/mol. The minimum atomic E-state index is 0.426. The maximum Gasteiger partial charge on any atom is 0.155 e. The van der Waals surface area contributed by atoms with E-state index in [1.165, 1.54) is 0 Å². The summed E-state index contributed by atoms with van der Waals surface area (Å²) in [7, 11) is 0. The minimum Gasteiger partial charge on any atom is -0.493 e. The summed E-state index contributed by atoms with van der Waals surface area (Å²) in [5.74, 6) is 1.22. The number of hydrogen-bond donors (Lipinski definition) is 2. The monoisotopic (exact) mass is 280 g/mol. The van der Waals surface area contributed by atoms with Gasteiger partial charge in [-0.15, -0.1) is 0 Å². The molecule has 3 rings (SSSR count). The zero-order valence-electron chi connectivity index (χ0n) is 11.7. The number of para-hydroxylation sites is 1. The number of benzene rings is 1. The second-order valence-corrected chi connectivity index (χ2v) is 4.50. The summed E-state index contributed by atoms with van der Waals surface area (Å²) >= 11 is 0. The predicted molar refractivity (Wildman–Crippen MR) is 82.8 cm³/mol. The third-order valence-corrected chi connectivity index (χ3v) is 3.17. The van der Waals surface area contributed by atoms with Crippen LogP contribution in [0.4, 0.5) is 5.82 Å². The lowest BCUT2D eigenvalue weighted by Gasteiger charge is -2.10. The molecule has 0 aliphatic rings. The number of ether oxygens (including phenoxy) is 1. The van der Waals surface area contributed by atoms with Gasteiger partial charge in [0.2, 0.25) is 0 Å². The third kappa shape index (κ3) is 2.45. The molecule has 0 bridgehead atoms. The minimum absolute atomic E-state index is 0.426. The Labute approximate surface area is 122 Å². The summed E-state index contributed by atoms with van der Waals surface area (Å²) in [5, 5.41) is 7.12. The number of aromatic amines is 1. The molecule has 3 aromatic rings. The fourth-order valence-electron chi connectivity index (χ4n) is 2.28. The van der Waals surface area contributed by atoms with Crippen molar-refractivity contribution < 1.29 is 4.74 Å². The van der Waals surface area contributed by atoms with Gasteiger partial charge in [-0.3, -0.25) is 10.1 Å². The van der Waals surface area contributed by atoms with Gasteiger partial charge in [-0.05, 0) is 31.2 Å². The van der Waals surface area contributed by atoms with Crippen LogP contribution in [0.3, 0.4) is 0 Å². The molecule has 0 aliphatic carbocycles. The lowest BCUT2D eigenvalue weighted by atomic mass is 10.0. The molecule has 0 saturated carbocycles. The first-order valence-corrected chi connectivity index (χ1v) is 6.78. The van der Waals surface area contributed by atoms with Crippen molar-refractivity contribution in [2.24, 2.45) is 0 Å². The maximum absolute atomic E-state index is 6.01. The summed E-state index contributed by atoms with van der Waals surface area (Å²) in [6.07, 6.45) is 1.74. The van der Waals surface area contributed by atoms with Gasteiger partial charge in [0, 0.05) is 11.8 Å². The summed E-state index contributed by atoms with van der Waals surface area (Å²) in [6, 6.07) is 13.5. The molecule has 106 valence electrons. The second-order valence-electron chi connectivity index (χ2n) is 4.50. The maximum atomic E-state index is 6.01. The van der Waals surface area contributed by atoms with Crippen LogP contribution in [-0.4, -0.2) is 21.8 Å². The number of nitrogens with zero attached hydrogens (tertiary/aromatic N) is 2. The Morgan fingerprint density at radius 3 is 2.71 bits per heavy atom. The molecule has 2 heterocycles. The first-order chi connectivity index (χ1) is 10.3. The highest BCUT2D eigenvalue weighted by molar-refractivity contribution is 5.88. The van der Waals surface area contributed by atoms with Crippen LogP contribution in [-0.2, 0) is 0 Å². The highest BCUT2D eigenvalue weighted by Gasteiger charge is 2.18. The van der Waals surface area contributed by atoms with Gasteiger partial charge in [0.15, 0.2) is 5.82 Å². The molecular formula is C16H16N4O. The molecule has 0 unspecified atom stereocenters. The van der Waals surface area contributed by atoms with Crippen LogP contribution in [0.5, 0.6) is 5.75 Å². The topological polar surface area (TPSA) is 76.8 Å². The van der Waals surface area contributed by atoms with E-state index in [9.17, 15) is 0 Å². The molecule has 0 saturated heterocycles. The highest BCUT2D eigenvalue weighted by atomic mass is 16.5. The molecule has 1 aromatic carbocycles. The van der Waals surface area contributed by atoms with Gasteiger partial charge in [-0.2, -0.15) is 5.10 Å². The Hall–Kier alpha value is -2.82. The molecule has 0 radical (unpaired) electrons. The van der Waals surface area contributed by atoms with Crippen molar-refractivity contribution in [3.8, 4) is 28.3 Å². The van der Waals surface area contributed by atoms with E-state index in [1.54, 1.807) is 6.20 Å². The van der Waals surface area contributed by atoms with Gasteiger partial charge in [0.05, 0.1) is 23.6 Å². The Balaban J connectivity index is 2.17. The number of anilines is 1. The van der Waals surface area contributed by atoms with Crippen LogP contribution >= 0.6 is 0 Å². The smallest absolute Gasteiger partial charge is 0.155 e. The molecule has 5 heteroatoms. The summed E-state index contributed by atoms with van der Waals surface area (Å²) in [4.78, 5) is 4.36. The number of H-pyrrole nitrogens is 1. The third-order valence-electron chi connectivity index (χ3n) is 3.17. The van der Waals surface area contributed by atoms with Crippen LogP contribution in [0.2, 0.25) is 0 Å². The lowest BCUT2D eigenvalue weighted by molar-refractivity contribution is 0.341. The molecule has 2 aromatic heterocycles. The van der Waals surface area contributed by atoms with Crippen LogP contribution in [0.1, 0.15) is 6.92 Å². The summed E-state index contributed by atoms with van der Waals surface area (Å²) in [5.41, 5.74) is 9.32. The fraction of sp³-hybridized carbons (Fsp3) is 0.125. The number of nitrogens with one attached hydrogen (secondary N) is 1. The molecule has 0 atom stereocenters. The van der Waals surface area contributed by atoms with Crippen molar-refractivity contribution in [1.29, 1.82) is 0 Å². The van der Waals surface area contributed by atoms with Crippen LogP contribution in [0.25, 0.3) is 22.5 Å². The van der Waals surface area contributed by atoms with E-state index in [4.69, 9.17) is 10.5 Å². The number of nitrogens with two attached hydrogens (primary N) is 1. The Bertz CT molecular complexity index is 737. The van der Waals surface area contributed by atoms with Crippen LogP contribution < -0.4 is 10.5 Å². The Morgan fingerprint density at radius 2 is 1.95 bits per heavy atom. The number of pyridine rings is 1. The number of aromatic nitrogens is 3. The van der Waals surface area contributed by atoms with Crippen LogP contribution in [0, 0.1) is 0 Å². The average molecular weight is 280 g/mol. The van der Waals surface area contributed by atoms with Gasteiger partial charge in [-0.1, -0.05) is 18.2 Å². The van der Waals surface area contributed by atoms with E-state index in [0.29, 0.717) is 12.4 Å². The van der Waals surface area contributed by atoms with Crippen molar-refractivity contribution in [2.45, 2.75) is 6.92 Å². The first-order valence-electron chi connectivity index (χ1n) is 6.78. The molecule has 0 fully saturated rings. The predicted octanol–water partition coefficient (Wildman–Crippen LogP) is 3.12. The molecule has 21 heavy (non-hydrogen) atoms. The van der Waals surface area contributed by atoms with Gasteiger partial charge in [0.25, 0.3) is 0 Å². The number of nitrogen functional groups attached to an aromatic ring is 1. The molecule has 0 amide bonds. The Morgan fingerprint density at radius 1 is 1.14 bits per heavy atom. The van der Waals surface area contributed by atoms with E-state index in [-0.39, 0.29) is 0 Å². The van der Waals surface area contributed by atoms with Crippen LogP contribution in [0.15, 0.2) is 48.7 Å². The normalized spacial score (nSPS) is 10.5. The summed E-state index contributed by atoms with van der Waals surface area (Å²) < 4.78 is 5.68. The van der Waals surface area contributed by atoms with E-state index >= 15 is 0 Å². The largest absolute Gasteiger partial charge is 0.493 e. The van der Waals surface area contributed by atoms with Crippen molar-refractivity contribution >= 4 is 5.82 Å². The van der Waals surface area contributed by atoms with E-state index in [2.05, 4.69) is 15.2 Å². The highest BCUT2D eigenvalue weighted by Crippen LogP contribution is 2.37. The van der Waals surface area contributed by atoms with Gasteiger partial charge >= 0.3 is 0 Å². The fourth-order valence-corrected chi connectivity index (χ4v) is 2.28. The standard InChI is InChI=1S/C16H16N4O/c1-2-21-13-9-4-3-7-11(13)15-14(16(17)20-19-15)12-8-5-6-10-18-12/h3-10H,2H2,1H3,(H3,17,19,20). The zero-order chi connectivity index (χ0) is 14.7. The second kappa shape index (κ2) is 5.66. The van der Waals surface area contributed by atoms with Crippen molar-refractivity contribution in [3.05, 3.63) is 48.7 Å². The van der Waals surface area contributed by atoms with Gasteiger partial charge in [0.1, 0.15) is 5.75 Å². The van der Waals surface area contributed by atoms with Gasteiger partial charge < -0.3 is 10.5 Å². The summed E-state index contributed by atoms with van der Waals surface area (Å²) in [6.45, 7) is 2.55. The molecule has 5 nitrogen and oxygen atoms in total. The average Bonchev–Trinajstić information content (AvgIpc) is 2.91. The van der Waals surface area contributed by atoms with E-state index in [0.717, 1.165) is 28.3 Å². The lowest BCUT2D eigenvalue weighted by Crippen LogP contribution is -1.95. The molecule has 0 spiro atoms.